The smallest absolute Gasteiger partial charge is 0.191 e. The van der Waals surface area contributed by atoms with E-state index in [0.717, 1.165) is 25.2 Å². The molecule has 3 nitrogen and oxygen atoms in total. The predicted octanol–water partition coefficient (Wildman–Crippen LogP) is 2.15. The highest BCUT2D eigenvalue weighted by atomic mass is 19.1. The third-order valence-electron chi connectivity index (χ3n) is 3.62. The first-order valence-electron chi connectivity index (χ1n) is 6.63. The summed E-state index contributed by atoms with van der Waals surface area (Å²) >= 11 is 0. The molecule has 0 radical (unpaired) electrons. The van der Waals surface area contributed by atoms with Gasteiger partial charge in [-0.1, -0.05) is 6.07 Å². The van der Waals surface area contributed by atoms with Gasteiger partial charge in [0, 0.05) is 30.6 Å². The van der Waals surface area contributed by atoms with E-state index < -0.39 is 11.6 Å². The van der Waals surface area contributed by atoms with E-state index in [1.54, 1.807) is 7.05 Å². The van der Waals surface area contributed by atoms with E-state index >= 15 is 0 Å². The van der Waals surface area contributed by atoms with Gasteiger partial charge in [-0.15, -0.1) is 0 Å². The van der Waals surface area contributed by atoms with E-state index in [-0.39, 0.29) is 17.5 Å². The fourth-order valence-corrected chi connectivity index (χ4v) is 2.31. The summed E-state index contributed by atoms with van der Waals surface area (Å²) in [7, 11) is 1.71. The molecule has 0 bridgehead atoms. The number of guanidine groups is 1. The lowest BCUT2D eigenvalue weighted by atomic mass is 10.1. The first kappa shape index (κ1) is 12.4. The summed E-state index contributed by atoms with van der Waals surface area (Å²) in [6.45, 7) is 0. The van der Waals surface area contributed by atoms with E-state index in [4.69, 9.17) is 0 Å². The minimum absolute atomic E-state index is 0.0661. The zero-order valence-electron chi connectivity index (χ0n) is 10.8. The number of hydrogen-bond acceptors (Lipinski definition) is 1. The number of nitrogens with one attached hydrogen (secondary N) is 2. The van der Waals surface area contributed by atoms with Crippen molar-refractivity contribution in [2.45, 2.75) is 37.3 Å². The zero-order chi connectivity index (χ0) is 13.4. The van der Waals surface area contributed by atoms with E-state index in [1.165, 1.54) is 18.2 Å². The molecule has 0 aromatic heterocycles. The van der Waals surface area contributed by atoms with Crippen molar-refractivity contribution in [1.29, 1.82) is 0 Å². The minimum atomic E-state index is -0.459. The van der Waals surface area contributed by atoms with Crippen LogP contribution in [0.4, 0.5) is 8.78 Å². The average Bonchev–Trinajstić information content (AvgIpc) is 3.26. The minimum Gasteiger partial charge on any atom is -0.354 e. The van der Waals surface area contributed by atoms with Crippen molar-refractivity contribution in [2.75, 3.05) is 7.05 Å². The van der Waals surface area contributed by atoms with Crippen molar-refractivity contribution in [3.05, 3.63) is 35.4 Å². The van der Waals surface area contributed by atoms with Gasteiger partial charge in [0.2, 0.25) is 0 Å². The van der Waals surface area contributed by atoms with Crippen LogP contribution in [-0.2, 0) is 0 Å². The van der Waals surface area contributed by atoms with Gasteiger partial charge in [0.1, 0.15) is 11.6 Å². The molecule has 3 rings (SSSR count). The molecule has 19 heavy (non-hydrogen) atoms. The first-order valence-corrected chi connectivity index (χ1v) is 6.63. The van der Waals surface area contributed by atoms with Crippen LogP contribution in [0, 0.1) is 11.6 Å². The highest BCUT2D eigenvalue weighted by molar-refractivity contribution is 5.81. The fraction of sp³-hybridized carbons (Fsp3) is 0.500. The number of hydrogen-bond donors (Lipinski definition) is 2. The average molecular weight is 265 g/mol. The van der Waals surface area contributed by atoms with Crippen molar-refractivity contribution in [2.24, 2.45) is 4.99 Å². The standard InChI is InChI=1S/C14H17F2N3/c1-17-14(18-8-5-6-8)19-12-7-9(12)13-10(15)3-2-4-11(13)16/h2-4,8-9,12H,5-7H2,1H3,(H2,17,18,19). The maximum atomic E-state index is 13.6. The molecule has 1 aromatic rings. The molecule has 0 heterocycles. The van der Waals surface area contributed by atoms with Crippen molar-refractivity contribution in [1.82, 2.24) is 10.6 Å². The summed E-state index contributed by atoms with van der Waals surface area (Å²) in [5, 5.41) is 6.49. The Hall–Kier alpha value is -1.65. The predicted molar refractivity (Wildman–Crippen MR) is 70.2 cm³/mol. The molecule has 2 N–H and O–H groups in total. The molecule has 0 spiro atoms. The Bertz CT molecular complexity index is 491. The van der Waals surface area contributed by atoms with Gasteiger partial charge in [-0.2, -0.15) is 0 Å². The lowest BCUT2D eigenvalue weighted by Crippen LogP contribution is -2.40. The van der Waals surface area contributed by atoms with Gasteiger partial charge in [0.15, 0.2) is 5.96 Å². The van der Waals surface area contributed by atoms with Gasteiger partial charge in [-0.25, -0.2) is 8.78 Å². The van der Waals surface area contributed by atoms with E-state index in [0.29, 0.717) is 6.04 Å². The summed E-state index contributed by atoms with van der Waals surface area (Å²) in [6, 6.07) is 4.59. The van der Waals surface area contributed by atoms with Crippen LogP contribution in [0.2, 0.25) is 0 Å². The van der Waals surface area contributed by atoms with Crippen LogP contribution in [-0.4, -0.2) is 25.1 Å². The third-order valence-corrected chi connectivity index (χ3v) is 3.62. The molecule has 0 saturated heterocycles. The molecular weight excluding hydrogens is 248 g/mol. The Balaban J connectivity index is 1.64. The number of halogens is 2. The summed E-state index contributed by atoms with van der Waals surface area (Å²) in [6.07, 6.45) is 3.07. The SMILES string of the molecule is CN=C(NC1CC1)NC1CC1c1c(F)cccc1F. The Labute approximate surface area is 111 Å². The molecule has 102 valence electrons. The van der Waals surface area contributed by atoms with E-state index in [9.17, 15) is 8.78 Å². The molecule has 2 fully saturated rings. The van der Waals surface area contributed by atoms with Crippen LogP contribution in [0.1, 0.15) is 30.7 Å². The summed E-state index contributed by atoms with van der Waals surface area (Å²) < 4.78 is 27.3. The van der Waals surface area contributed by atoms with Crippen LogP contribution >= 0.6 is 0 Å². The van der Waals surface area contributed by atoms with E-state index in [2.05, 4.69) is 15.6 Å². The van der Waals surface area contributed by atoms with Gasteiger partial charge in [0.05, 0.1) is 0 Å². The molecule has 2 aliphatic rings. The monoisotopic (exact) mass is 265 g/mol. The largest absolute Gasteiger partial charge is 0.354 e. The second-order valence-electron chi connectivity index (χ2n) is 5.22. The lowest BCUT2D eigenvalue weighted by molar-refractivity contribution is 0.553. The lowest BCUT2D eigenvalue weighted by Gasteiger charge is -2.11. The molecule has 2 atom stereocenters. The molecule has 2 aliphatic carbocycles. The van der Waals surface area contributed by atoms with Gasteiger partial charge in [0.25, 0.3) is 0 Å². The highest BCUT2D eigenvalue weighted by Crippen LogP contribution is 2.43. The van der Waals surface area contributed by atoms with E-state index in [1.807, 2.05) is 0 Å². The Kier molecular flexibility index (Phi) is 3.12. The van der Waals surface area contributed by atoms with Gasteiger partial charge in [-0.3, -0.25) is 4.99 Å². The highest BCUT2D eigenvalue weighted by Gasteiger charge is 2.42. The Morgan fingerprint density at radius 3 is 2.47 bits per heavy atom. The maximum absolute atomic E-state index is 13.6. The summed E-state index contributed by atoms with van der Waals surface area (Å²) in [4.78, 5) is 4.13. The van der Waals surface area contributed by atoms with Crippen LogP contribution in [0.25, 0.3) is 0 Å². The van der Waals surface area contributed by atoms with Crippen molar-refractivity contribution in [3.8, 4) is 0 Å². The van der Waals surface area contributed by atoms with Crippen LogP contribution in [0.15, 0.2) is 23.2 Å². The van der Waals surface area contributed by atoms with Crippen molar-refractivity contribution in [3.63, 3.8) is 0 Å². The quantitative estimate of drug-likeness (QED) is 0.649. The van der Waals surface area contributed by atoms with Crippen molar-refractivity contribution >= 4 is 5.96 Å². The molecule has 5 heteroatoms. The zero-order valence-corrected chi connectivity index (χ0v) is 10.8. The molecule has 2 unspecified atom stereocenters. The molecule has 2 saturated carbocycles. The maximum Gasteiger partial charge on any atom is 0.191 e. The Morgan fingerprint density at radius 1 is 1.21 bits per heavy atom. The van der Waals surface area contributed by atoms with Crippen LogP contribution in [0.3, 0.4) is 0 Å². The van der Waals surface area contributed by atoms with Crippen LogP contribution in [0.5, 0.6) is 0 Å². The van der Waals surface area contributed by atoms with Gasteiger partial charge < -0.3 is 10.6 Å². The number of benzene rings is 1. The number of nitrogens with zero attached hydrogens (tertiary/aromatic N) is 1. The fourth-order valence-electron chi connectivity index (χ4n) is 2.31. The summed E-state index contributed by atoms with van der Waals surface area (Å²) in [5.41, 5.74) is 0.196. The van der Waals surface area contributed by atoms with Crippen molar-refractivity contribution < 1.29 is 8.78 Å². The normalized spacial score (nSPS) is 26.2. The molecule has 1 aromatic carbocycles. The molecule has 0 aliphatic heterocycles. The van der Waals surface area contributed by atoms with Gasteiger partial charge >= 0.3 is 0 Å². The third kappa shape index (κ3) is 2.69. The first-order chi connectivity index (χ1) is 9.19. The second kappa shape index (κ2) is 4.79. The second-order valence-corrected chi connectivity index (χ2v) is 5.22. The number of aliphatic imine (C=N–C) groups is 1. The van der Waals surface area contributed by atoms with Crippen LogP contribution < -0.4 is 10.6 Å². The number of rotatable bonds is 3. The summed E-state index contributed by atoms with van der Waals surface area (Å²) in [5.74, 6) is -0.287. The molecule has 0 amide bonds. The molecular formula is C14H17F2N3. The topological polar surface area (TPSA) is 36.4 Å². The Morgan fingerprint density at radius 2 is 1.89 bits per heavy atom. The van der Waals surface area contributed by atoms with Gasteiger partial charge in [-0.05, 0) is 31.4 Å².